The summed E-state index contributed by atoms with van der Waals surface area (Å²) in [6.07, 6.45) is 0.604. The fourth-order valence-corrected chi connectivity index (χ4v) is 5.03. The van der Waals surface area contributed by atoms with Crippen molar-refractivity contribution in [2.45, 2.75) is 4.90 Å². The molecule has 116 valence electrons. The van der Waals surface area contributed by atoms with Gasteiger partial charge in [-0.2, -0.15) is 16.1 Å². The summed E-state index contributed by atoms with van der Waals surface area (Å²) >= 11 is 6.89. The van der Waals surface area contributed by atoms with Crippen LogP contribution in [0.3, 0.4) is 0 Å². The first-order chi connectivity index (χ1) is 9.80. The zero-order chi connectivity index (χ0) is 15.5. The van der Waals surface area contributed by atoms with Crippen LogP contribution in [0.2, 0.25) is 5.15 Å². The maximum atomic E-state index is 11.9. The van der Waals surface area contributed by atoms with Crippen molar-refractivity contribution in [1.82, 2.24) is 9.71 Å². The molecule has 12 heteroatoms. The van der Waals surface area contributed by atoms with Gasteiger partial charge in [0.15, 0.2) is 10.9 Å². The molecular formula is C10H11ClN2NaO5PS2. The summed E-state index contributed by atoms with van der Waals surface area (Å²) in [6.45, 7) is 0. The third kappa shape index (κ3) is 5.59. The topological polar surface area (TPSA) is 106 Å². The second-order valence-corrected chi connectivity index (χ2v) is 8.46. The Morgan fingerprint density at radius 1 is 1.45 bits per heavy atom. The fourth-order valence-electron chi connectivity index (χ4n) is 1.28. The van der Waals surface area contributed by atoms with E-state index < -0.39 is 23.9 Å². The molecule has 7 nitrogen and oxygen atoms in total. The molecule has 0 spiro atoms. The molecule has 2 aromatic heterocycles. The molecule has 0 saturated carbocycles. The average Bonchev–Trinajstić information content (AvgIpc) is 2.94. The van der Waals surface area contributed by atoms with E-state index in [1.165, 1.54) is 41.1 Å². The van der Waals surface area contributed by atoms with Crippen LogP contribution in [0.1, 0.15) is 0 Å². The van der Waals surface area contributed by atoms with Crippen LogP contribution < -0.4 is 9.25 Å². The molecule has 0 saturated heterocycles. The van der Waals surface area contributed by atoms with Crippen LogP contribution in [0.15, 0.2) is 40.1 Å². The predicted molar refractivity (Wildman–Crippen MR) is 86.4 cm³/mol. The van der Waals surface area contributed by atoms with Gasteiger partial charge in [0.05, 0.1) is 4.90 Å². The third-order valence-electron chi connectivity index (χ3n) is 2.23. The van der Waals surface area contributed by atoms with Crippen molar-refractivity contribution in [1.29, 1.82) is 0 Å². The first-order valence-corrected chi connectivity index (χ1v) is 10.0. The Balaban J connectivity index is 0.00000242. The van der Waals surface area contributed by atoms with E-state index in [4.69, 9.17) is 16.1 Å². The summed E-state index contributed by atoms with van der Waals surface area (Å²) in [5.41, 5.74) is 0. The zero-order valence-corrected chi connectivity index (χ0v) is 13.6. The molecule has 1 unspecified atom stereocenters. The fraction of sp³-hybridized carbons (Fsp3) is 0.100. The molecule has 1 atom stereocenters. The quantitative estimate of drug-likeness (QED) is 0.440. The van der Waals surface area contributed by atoms with Crippen molar-refractivity contribution in [3.63, 3.8) is 0 Å². The molecule has 2 aromatic rings. The molecule has 2 rings (SSSR count). The Morgan fingerprint density at radius 2 is 2.18 bits per heavy atom. The van der Waals surface area contributed by atoms with Gasteiger partial charge in [0.1, 0.15) is 6.29 Å². The number of nitrogens with one attached hydrogen (secondary N) is 1. The van der Waals surface area contributed by atoms with Crippen LogP contribution >= 0.6 is 30.5 Å². The van der Waals surface area contributed by atoms with Crippen LogP contribution in [0.4, 0.5) is 0 Å². The molecule has 0 aliphatic heterocycles. The second kappa shape index (κ2) is 8.23. The molecule has 0 aromatic carbocycles. The minimum absolute atomic E-state index is 0. The van der Waals surface area contributed by atoms with Gasteiger partial charge >= 0.3 is 37.2 Å². The number of nitrogens with zero attached hydrogens (tertiary/aromatic N) is 1. The van der Waals surface area contributed by atoms with Gasteiger partial charge in [-0.25, -0.2) is 18.0 Å². The first-order valence-electron chi connectivity index (χ1n) is 5.44. The summed E-state index contributed by atoms with van der Waals surface area (Å²) in [4.78, 5) is 13.4. The monoisotopic (exact) mass is 392 g/mol. The number of rotatable bonds is 6. The van der Waals surface area contributed by atoms with Crippen LogP contribution in [0, 0.1) is 0 Å². The van der Waals surface area contributed by atoms with Crippen LogP contribution in [-0.4, -0.2) is 54.1 Å². The van der Waals surface area contributed by atoms with E-state index in [9.17, 15) is 17.9 Å². The molecule has 0 fully saturated rings. The normalized spacial score (nSPS) is 13.9. The third-order valence-corrected chi connectivity index (χ3v) is 5.99. The van der Waals surface area contributed by atoms with E-state index in [0.717, 1.165) is 0 Å². The van der Waals surface area contributed by atoms with Crippen molar-refractivity contribution in [3.8, 4) is 5.75 Å². The SMILES string of the molecule is O=P(O)(CNS(=O)(=O)c1ccsc1)Oc1cccnc1Cl.[NaH]. The average molecular weight is 393 g/mol. The standard InChI is InChI=1S/C10H10ClN2O5PS2.Na.H/c11-10-9(2-1-4-12-10)18-19(14,15)7-13-21(16,17)8-3-5-20-6-8;;/h1-6,13H,7H2,(H,14,15);;. The maximum absolute atomic E-state index is 11.9. The van der Waals surface area contributed by atoms with Gasteiger partial charge in [0, 0.05) is 11.6 Å². The Bertz CT molecular complexity index is 771. The predicted octanol–water partition coefficient (Wildman–Crippen LogP) is 1.65. The molecule has 0 amide bonds. The summed E-state index contributed by atoms with van der Waals surface area (Å²) in [7, 11) is -8.10. The summed E-state index contributed by atoms with van der Waals surface area (Å²) in [5.74, 6) is -0.0975. The van der Waals surface area contributed by atoms with Gasteiger partial charge in [-0.3, -0.25) is 0 Å². The number of hydrogen-bond donors (Lipinski definition) is 2. The van der Waals surface area contributed by atoms with E-state index >= 15 is 0 Å². The Kier molecular flexibility index (Phi) is 7.51. The number of aromatic nitrogens is 1. The van der Waals surface area contributed by atoms with Gasteiger partial charge < -0.3 is 9.42 Å². The van der Waals surface area contributed by atoms with Crippen LogP contribution in [0.25, 0.3) is 0 Å². The number of hydrogen-bond acceptors (Lipinski definition) is 6. The van der Waals surface area contributed by atoms with Crippen molar-refractivity contribution in [3.05, 3.63) is 40.3 Å². The number of halogens is 1. The number of thiophene rings is 1. The summed E-state index contributed by atoms with van der Waals surface area (Å²) < 4.78 is 42.4. The van der Waals surface area contributed by atoms with E-state index in [-0.39, 0.29) is 45.4 Å². The molecule has 2 heterocycles. The molecule has 2 N–H and O–H groups in total. The van der Waals surface area contributed by atoms with E-state index in [0.29, 0.717) is 0 Å². The molecule has 0 bridgehead atoms. The minimum atomic E-state index is -4.25. The molecular weight excluding hydrogens is 382 g/mol. The summed E-state index contributed by atoms with van der Waals surface area (Å²) in [6, 6.07) is 4.20. The number of pyridine rings is 1. The Labute approximate surface area is 158 Å². The number of sulfonamides is 1. The van der Waals surface area contributed by atoms with Crippen molar-refractivity contribution in [2.75, 3.05) is 6.29 Å². The van der Waals surface area contributed by atoms with Gasteiger partial charge in [-0.15, -0.1) is 0 Å². The second-order valence-electron chi connectivity index (χ2n) is 3.79. The van der Waals surface area contributed by atoms with Crippen molar-refractivity contribution < 1.29 is 22.4 Å². The van der Waals surface area contributed by atoms with Crippen molar-refractivity contribution in [2.24, 2.45) is 0 Å². The Hall–Kier alpha value is 0.0400. The van der Waals surface area contributed by atoms with Gasteiger partial charge in [-0.1, -0.05) is 11.6 Å². The first kappa shape index (κ1) is 20.1. The van der Waals surface area contributed by atoms with E-state index in [1.54, 1.807) is 5.38 Å². The van der Waals surface area contributed by atoms with E-state index in [2.05, 4.69) is 4.98 Å². The van der Waals surface area contributed by atoms with Crippen LogP contribution in [-0.2, 0) is 14.6 Å². The molecule has 22 heavy (non-hydrogen) atoms. The van der Waals surface area contributed by atoms with Gasteiger partial charge in [0.2, 0.25) is 10.0 Å². The Morgan fingerprint density at radius 3 is 2.77 bits per heavy atom. The van der Waals surface area contributed by atoms with Crippen molar-refractivity contribution >= 4 is 70.1 Å². The van der Waals surface area contributed by atoms with Crippen LogP contribution in [0.5, 0.6) is 5.75 Å². The van der Waals surface area contributed by atoms with Gasteiger partial charge in [0.25, 0.3) is 0 Å². The molecule has 0 aliphatic carbocycles. The van der Waals surface area contributed by atoms with Gasteiger partial charge in [-0.05, 0) is 23.6 Å². The molecule has 0 aliphatic rings. The molecule has 0 radical (unpaired) electrons. The zero-order valence-electron chi connectivity index (χ0n) is 10.3. The van der Waals surface area contributed by atoms with E-state index in [1.807, 2.05) is 4.72 Å². The summed E-state index contributed by atoms with van der Waals surface area (Å²) in [5, 5.41) is 2.90.